The number of carboxylic acids is 1. The number of halogens is 3. The zero-order valence-corrected chi connectivity index (χ0v) is 25.8. The quantitative estimate of drug-likeness (QED) is 0.278. The first-order valence-corrected chi connectivity index (χ1v) is 15.5. The number of hydrogen-bond donors (Lipinski definition) is 1. The lowest BCUT2D eigenvalue weighted by Crippen LogP contribution is -2.39. The van der Waals surface area contributed by atoms with Crippen LogP contribution >= 0.6 is 11.3 Å². The summed E-state index contributed by atoms with van der Waals surface area (Å²) in [5.74, 6) is -1.15. The van der Waals surface area contributed by atoms with E-state index in [1.807, 2.05) is 4.90 Å². The molecule has 0 saturated carbocycles. The van der Waals surface area contributed by atoms with Gasteiger partial charge < -0.3 is 14.7 Å². The van der Waals surface area contributed by atoms with Gasteiger partial charge in [0.2, 0.25) is 0 Å². The maximum absolute atomic E-state index is 13.2. The molecule has 0 bridgehead atoms. The van der Waals surface area contributed by atoms with Crippen LogP contribution in [0.4, 0.5) is 19.0 Å². The number of rotatable bonds is 9. The molecule has 0 spiro atoms. The summed E-state index contributed by atoms with van der Waals surface area (Å²) < 4.78 is 43.3. The van der Waals surface area contributed by atoms with Crippen molar-refractivity contribution in [3.05, 3.63) is 51.7 Å². The van der Waals surface area contributed by atoms with Crippen LogP contribution in [0.15, 0.2) is 30.6 Å². The predicted molar refractivity (Wildman–Crippen MR) is 160 cm³/mol. The van der Waals surface area contributed by atoms with E-state index < -0.39 is 12.3 Å². The van der Waals surface area contributed by atoms with E-state index in [1.54, 1.807) is 13.0 Å². The van der Waals surface area contributed by atoms with Crippen molar-refractivity contribution in [1.29, 1.82) is 0 Å². The molecule has 5 rings (SSSR count). The number of ketones is 1. The first kappa shape index (κ1) is 31.8. The number of aliphatic carboxylic acids is 1. The predicted octanol–water partition coefficient (Wildman–Crippen LogP) is 6.16. The summed E-state index contributed by atoms with van der Waals surface area (Å²) in [7, 11) is 0. The van der Waals surface area contributed by atoms with Crippen LogP contribution in [0.2, 0.25) is 0 Å². The molecule has 2 saturated heterocycles. The van der Waals surface area contributed by atoms with Crippen molar-refractivity contribution in [3.63, 3.8) is 0 Å². The number of aromatic nitrogens is 3. The monoisotopic (exact) mass is 631 g/mol. The van der Waals surface area contributed by atoms with Crippen molar-refractivity contribution in [1.82, 2.24) is 19.9 Å². The smallest absolute Gasteiger partial charge is 0.481 e. The van der Waals surface area contributed by atoms with Crippen molar-refractivity contribution in [2.45, 2.75) is 65.8 Å². The van der Waals surface area contributed by atoms with E-state index in [0.717, 1.165) is 30.8 Å². The number of Topliss-reactive ketones (excluding diaryl/α,β-unsaturated/α-hetero) is 1. The van der Waals surface area contributed by atoms with E-state index in [4.69, 9.17) is 4.98 Å². The molecule has 0 unspecified atom stereocenters. The molecule has 0 amide bonds. The number of likely N-dealkylation sites (tertiary alicyclic amines) is 1. The third kappa shape index (κ3) is 8.12. The van der Waals surface area contributed by atoms with Gasteiger partial charge in [-0.2, -0.15) is 0 Å². The second-order valence-corrected chi connectivity index (χ2v) is 13.6. The second kappa shape index (κ2) is 12.8. The Morgan fingerprint density at radius 1 is 1.11 bits per heavy atom. The maximum atomic E-state index is 13.2. The highest BCUT2D eigenvalue weighted by atomic mass is 32.1. The average molecular weight is 632 g/mol. The van der Waals surface area contributed by atoms with Gasteiger partial charge in [0.25, 0.3) is 0 Å². The number of alkyl halides is 3. The lowest BCUT2D eigenvalue weighted by Gasteiger charge is -2.37. The summed E-state index contributed by atoms with van der Waals surface area (Å²) in [6.45, 7) is 9.60. The molecule has 3 aromatic rings. The summed E-state index contributed by atoms with van der Waals surface area (Å²) >= 11 is 1.38. The van der Waals surface area contributed by atoms with E-state index in [9.17, 15) is 27.9 Å². The van der Waals surface area contributed by atoms with Crippen LogP contribution in [0.3, 0.4) is 0 Å². The number of piperidine rings is 2. The molecule has 2 aliphatic rings. The Morgan fingerprint density at radius 3 is 2.50 bits per heavy atom. The van der Waals surface area contributed by atoms with Crippen LogP contribution in [0, 0.1) is 18.3 Å². The van der Waals surface area contributed by atoms with E-state index in [0.29, 0.717) is 60.1 Å². The molecular formula is C31H36F3N5O4S. The molecule has 2 aliphatic heterocycles. The largest absolute Gasteiger partial charge is 0.573 e. The molecule has 0 radical (unpaired) electrons. The first-order valence-electron chi connectivity index (χ1n) is 14.7. The molecule has 2 aromatic heterocycles. The van der Waals surface area contributed by atoms with Crippen molar-refractivity contribution < 1.29 is 32.6 Å². The maximum Gasteiger partial charge on any atom is 0.573 e. The van der Waals surface area contributed by atoms with Gasteiger partial charge in [-0.05, 0) is 68.3 Å². The zero-order valence-electron chi connectivity index (χ0n) is 25.0. The van der Waals surface area contributed by atoms with Crippen molar-refractivity contribution in [2.75, 3.05) is 31.1 Å². The number of ether oxygens (including phenoxy) is 1. The van der Waals surface area contributed by atoms with Crippen LogP contribution in [-0.2, 0) is 17.8 Å². The lowest BCUT2D eigenvalue weighted by atomic mass is 9.84. The Hall–Kier alpha value is -3.58. The number of nitrogens with zero attached hydrogens (tertiary/aromatic N) is 5. The van der Waals surface area contributed by atoms with Crippen molar-refractivity contribution in [2.24, 2.45) is 11.3 Å². The molecule has 0 aliphatic carbocycles. The van der Waals surface area contributed by atoms with Gasteiger partial charge in [0.1, 0.15) is 22.3 Å². The number of carbonyl (C=O) groups excluding carboxylic acids is 1. The SMILES string of the molecule is Cc1cc(OC(F)(F)F)cc(-c2nc(CC(=O)c3cnc(N4CCC(C(=O)O)CC4)cn3)sc2CN2CCCC(C)(C)C2)c1. The van der Waals surface area contributed by atoms with Crippen LogP contribution in [0.25, 0.3) is 11.3 Å². The Bertz CT molecular complexity index is 1500. The molecule has 236 valence electrons. The molecule has 9 nitrogen and oxygen atoms in total. The van der Waals surface area contributed by atoms with Crippen LogP contribution in [0.5, 0.6) is 5.75 Å². The summed E-state index contributed by atoms with van der Waals surface area (Å²) in [6, 6.07) is 4.45. The minimum Gasteiger partial charge on any atom is -0.481 e. The van der Waals surface area contributed by atoms with Gasteiger partial charge in [-0.25, -0.2) is 15.0 Å². The van der Waals surface area contributed by atoms with Crippen LogP contribution < -0.4 is 9.64 Å². The Balaban J connectivity index is 1.36. The third-order valence-electron chi connectivity index (χ3n) is 8.05. The summed E-state index contributed by atoms with van der Waals surface area (Å²) in [5, 5.41) is 9.77. The molecule has 2 fully saturated rings. The number of hydrogen-bond acceptors (Lipinski definition) is 9. The fourth-order valence-electron chi connectivity index (χ4n) is 5.98. The average Bonchev–Trinajstić information content (AvgIpc) is 3.33. The van der Waals surface area contributed by atoms with Crippen molar-refractivity contribution >= 4 is 28.9 Å². The highest BCUT2D eigenvalue weighted by molar-refractivity contribution is 7.12. The molecule has 44 heavy (non-hydrogen) atoms. The highest BCUT2D eigenvalue weighted by Crippen LogP contribution is 2.36. The number of carboxylic acid groups (broad SMARTS) is 1. The zero-order chi connectivity index (χ0) is 31.6. The summed E-state index contributed by atoms with van der Waals surface area (Å²) in [6.07, 6.45) is 1.31. The second-order valence-electron chi connectivity index (χ2n) is 12.4. The van der Waals surface area contributed by atoms with E-state index in [2.05, 4.69) is 33.5 Å². The lowest BCUT2D eigenvalue weighted by molar-refractivity contribution is -0.274. The normalized spacial score (nSPS) is 17.9. The van der Waals surface area contributed by atoms with Crippen molar-refractivity contribution in [3.8, 4) is 17.0 Å². The first-order chi connectivity index (χ1) is 20.7. The van der Waals surface area contributed by atoms with Gasteiger partial charge in [0, 0.05) is 36.6 Å². The fraction of sp³-hybridized carbons (Fsp3) is 0.516. The summed E-state index contributed by atoms with van der Waals surface area (Å²) in [5.41, 5.74) is 1.97. The topological polar surface area (TPSA) is 109 Å². The number of anilines is 1. The summed E-state index contributed by atoms with van der Waals surface area (Å²) in [4.78, 5) is 43.2. The van der Waals surface area contributed by atoms with Crippen LogP contribution in [0.1, 0.15) is 65.5 Å². The number of benzene rings is 1. The van der Waals surface area contributed by atoms with Gasteiger partial charge in [0.05, 0.1) is 30.4 Å². The molecule has 1 N–H and O–H groups in total. The van der Waals surface area contributed by atoms with Gasteiger partial charge in [-0.3, -0.25) is 14.5 Å². The van der Waals surface area contributed by atoms with E-state index in [-0.39, 0.29) is 35.0 Å². The fourth-order valence-corrected chi connectivity index (χ4v) is 7.11. The van der Waals surface area contributed by atoms with E-state index >= 15 is 0 Å². The Kier molecular flexibility index (Phi) is 9.26. The Labute approximate surface area is 258 Å². The molecular weight excluding hydrogens is 595 g/mol. The molecule has 4 heterocycles. The molecule has 13 heteroatoms. The Morgan fingerprint density at radius 2 is 1.86 bits per heavy atom. The minimum atomic E-state index is -4.82. The standard InChI is InChI=1S/C31H36F3N5O4S/c1-19-11-21(13-22(12-19)43-31(32,33)34)28-25(17-38-8-4-7-30(2,3)18-38)44-27(37-28)14-24(40)23-15-36-26(16-35-23)39-9-5-20(6-10-39)29(41)42/h11-13,15-16,20H,4-10,14,17-18H2,1-3H3,(H,41,42). The number of aryl methyl sites for hydroxylation is 1. The van der Waals surface area contributed by atoms with Gasteiger partial charge in [-0.1, -0.05) is 13.8 Å². The van der Waals surface area contributed by atoms with Gasteiger partial charge >= 0.3 is 12.3 Å². The van der Waals surface area contributed by atoms with Crippen LogP contribution in [-0.4, -0.2) is 69.3 Å². The molecule has 0 atom stereocenters. The number of thiazole rings is 1. The number of carbonyl (C=O) groups is 2. The minimum absolute atomic E-state index is 0.0289. The highest BCUT2D eigenvalue weighted by Gasteiger charge is 2.32. The third-order valence-corrected chi connectivity index (χ3v) is 9.09. The van der Waals surface area contributed by atoms with E-state index in [1.165, 1.54) is 35.9 Å². The molecule has 1 aromatic carbocycles. The van der Waals surface area contributed by atoms with Gasteiger partial charge in [-0.15, -0.1) is 24.5 Å². The van der Waals surface area contributed by atoms with Gasteiger partial charge in [0.15, 0.2) is 5.78 Å².